The van der Waals surface area contributed by atoms with Crippen molar-refractivity contribution < 1.29 is 21.8 Å². The number of sulfone groups is 1. The van der Waals surface area contributed by atoms with Crippen LogP contribution in [0.2, 0.25) is 5.02 Å². The van der Waals surface area contributed by atoms with E-state index >= 15 is 0 Å². The van der Waals surface area contributed by atoms with Gasteiger partial charge in [0.15, 0.2) is 0 Å². The van der Waals surface area contributed by atoms with Gasteiger partial charge in [0.05, 0.1) is 4.90 Å². The van der Waals surface area contributed by atoms with Crippen LogP contribution in [-0.2, 0) is 21.0 Å². The average molecular weight is 428 g/mol. The Balaban J connectivity index is 2.14. The predicted octanol–water partition coefficient (Wildman–Crippen LogP) is 4.48. The largest absolute Gasteiger partial charge is 0.609 e. The number of nitrogens with zero attached hydrogens (tertiary/aromatic N) is 1. The van der Waals surface area contributed by atoms with Gasteiger partial charge in [-0.25, -0.2) is 12.8 Å². The molecular weight excluding hydrogens is 413 g/mol. The second-order valence-corrected chi connectivity index (χ2v) is 9.40. The first-order valence-corrected chi connectivity index (χ1v) is 11.2. The van der Waals surface area contributed by atoms with Crippen LogP contribution in [0.3, 0.4) is 0 Å². The Hall–Kier alpha value is -1.87. The van der Waals surface area contributed by atoms with E-state index in [-0.39, 0.29) is 21.6 Å². The van der Waals surface area contributed by atoms with E-state index in [2.05, 4.69) is 4.98 Å². The predicted molar refractivity (Wildman–Crippen MR) is 100 cm³/mol. The Morgan fingerprint density at radius 3 is 2.37 bits per heavy atom. The molecule has 0 aliphatic heterocycles. The lowest BCUT2D eigenvalue weighted by Gasteiger charge is -2.07. The lowest BCUT2D eigenvalue weighted by Crippen LogP contribution is -2.11. The fourth-order valence-corrected chi connectivity index (χ4v) is 5.21. The van der Waals surface area contributed by atoms with Crippen molar-refractivity contribution in [3.63, 3.8) is 0 Å². The summed E-state index contributed by atoms with van der Waals surface area (Å²) < 4.78 is 57.3. The highest BCUT2D eigenvalue weighted by Gasteiger charge is 2.35. The molecule has 0 fully saturated rings. The number of aromatic nitrogens is 1. The summed E-state index contributed by atoms with van der Waals surface area (Å²) in [5.74, 6) is -0.266. The molecule has 1 aromatic heterocycles. The zero-order valence-electron chi connectivity index (χ0n) is 14.2. The monoisotopic (exact) mass is 427 g/mol. The topological polar surface area (TPSA) is 83.2 Å². The van der Waals surface area contributed by atoms with Gasteiger partial charge in [0, 0.05) is 21.8 Å². The molecule has 0 aliphatic carbocycles. The second kappa shape index (κ2) is 8.02. The smallest absolute Gasteiger partial charge is 0.351 e. The van der Waals surface area contributed by atoms with E-state index in [0.717, 1.165) is 0 Å². The Morgan fingerprint density at radius 1 is 1.15 bits per heavy atom. The lowest BCUT2D eigenvalue weighted by atomic mass is 10.2. The zero-order chi connectivity index (χ0) is 19.6. The van der Waals surface area contributed by atoms with Crippen molar-refractivity contribution in [2.24, 2.45) is 0 Å². The quantitative estimate of drug-likeness (QED) is 0.541. The van der Waals surface area contributed by atoms with Gasteiger partial charge < -0.3 is 8.97 Å². The van der Waals surface area contributed by atoms with Crippen molar-refractivity contribution >= 4 is 32.6 Å². The van der Waals surface area contributed by atoms with Gasteiger partial charge in [-0.15, -0.1) is 0 Å². The van der Waals surface area contributed by atoms with Gasteiger partial charge in [-0.2, -0.15) is 4.98 Å². The van der Waals surface area contributed by atoms with Crippen LogP contribution in [0.1, 0.15) is 13.3 Å². The molecule has 5 nitrogen and oxygen atoms in total. The van der Waals surface area contributed by atoms with Crippen molar-refractivity contribution in [2.45, 2.75) is 28.4 Å². The number of benzene rings is 2. The number of halogens is 2. The minimum atomic E-state index is -4.08. The molecule has 1 unspecified atom stereocenters. The highest BCUT2D eigenvalue weighted by Crippen LogP contribution is 2.32. The molecule has 0 saturated carbocycles. The normalized spacial score (nSPS) is 12.9. The average Bonchev–Trinajstić information content (AvgIpc) is 3.09. The maximum Gasteiger partial charge on any atom is 0.351 e. The van der Waals surface area contributed by atoms with Gasteiger partial charge >= 0.3 is 5.09 Å². The van der Waals surface area contributed by atoms with Crippen LogP contribution < -0.4 is 0 Å². The molecule has 0 saturated heterocycles. The third kappa shape index (κ3) is 4.19. The minimum Gasteiger partial charge on any atom is -0.609 e. The summed E-state index contributed by atoms with van der Waals surface area (Å²) in [5, 5.41) is -0.238. The van der Waals surface area contributed by atoms with Crippen molar-refractivity contribution in [2.75, 3.05) is 5.75 Å². The molecule has 1 atom stereocenters. The molecular formula is C18H15ClFNO4S2. The van der Waals surface area contributed by atoms with Gasteiger partial charge in [-0.05, 0) is 55.0 Å². The van der Waals surface area contributed by atoms with Gasteiger partial charge in [-0.1, -0.05) is 18.5 Å². The third-order valence-corrected chi connectivity index (χ3v) is 7.16. The first-order valence-electron chi connectivity index (χ1n) is 7.98. The number of hydrogen-bond donors (Lipinski definition) is 0. The van der Waals surface area contributed by atoms with Crippen LogP contribution in [-0.4, -0.2) is 23.7 Å². The van der Waals surface area contributed by atoms with E-state index in [9.17, 15) is 17.4 Å². The molecule has 0 spiro atoms. The fourth-order valence-electron chi connectivity index (χ4n) is 2.33. The fraction of sp³-hybridized carbons (Fsp3) is 0.167. The summed E-state index contributed by atoms with van der Waals surface area (Å²) in [6.45, 7) is 1.82. The molecule has 0 amide bonds. The number of rotatable bonds is 6. The summed E-state index contributed by atoms with van der Waals surface area (Å²) in [4.78, 5) is 4.04. The maximum absolute atomic E-state index is 13.2. The molecule has 3 aromatic rings. The summed E-state index contributed by atoms with van der Waals surface area (Å²) in [7, 11) is -4.08. The Morgan fingerprint density at radius 2 is 1.78 bits per heavy atom. The van der Waals surface area contributed by atoms with Crippen molar-refractivity contribution in [1.82, 2.24) is 4.98 Å². The van der Waals surface area contributed by atoms with Crippen molar-refractivity contribution in [3.05, 3.63) is 59.4 Å². The molecule has 0 N–H and O–H groups in total. The van der Waals surface area contributed by atoms with Crippen molar-refractivity contribution in [3.8, 4) is 11.5 Å². The summed E-state index contributed by atoms with van der Waals surface area (Å²) in [6.07, 6.45) is 0.569. The van der Waals surface area contributed by atoms with Gasteiger partial charge in [0.2, 0.25) is 15.7 Å². The van der Waals surface area contributed by atoms with Crippen LogP contribution >= 0.6 is 11.6 Å². The van der Waals surface area contributed by atoms with Gasteiger partial charge in [0.25, 0.3) is 5.03 Å². The van der Waals surface area contributed by atoms with Crippen LogP contribution in [0, 0.1) is 5.82 Å². The highest BCUT2D eigenvalue weighted by atomic mass is 35.5. The van der Waals surface area contributed by atoms with Crippen LogP contribution in [0.15, 0.2) is 68.0 Å². The first kappa shape index (κ1) is 19.9. The van der Waals surface area contributed by atoms with E-state index in [1.165, 1.54) is 48.5 Å². The van der Waals surface area contributed by atoms with Crippen LogP contribution in [0.25, 0.3) is 11.5 Å². The Kier molecular flexibility index (Phi) is 5.90. The molecule has 3 rings (SSSR count). The lowest BCUT2D eigenvalue weighted by molar-refractivity contribution is 0.444. The van der Waals surface area contributed by atoms with Gasteiger partial charge in [-0.3, -0.25) is 0 Å². The molecule has 0 aliphatic rings. The molecule has 27 heavy (non-hydrogen) atoms. The molecule has 2 aromatic carbocycles. The standard InChI is InChI=1S/C18H15ClFNO4S2/c1-2-11-26(22)18-17(27(23,24)15-9-5-13(19)6-10-15)21-16(25-18)12-3-7-14(20)8-4-12/h3-10H,2,11H2,1H3. The number of hydrogen-bond acceptors (Lipinski definition) is 5. The van der Waals surface area contributed by atoms with E-state index in [1.807, 2.05) is 6.92 Å². The van der Waals surface area contributed by atoms with E-state index < -0.39 is 31.9 Å². The Labute approximate surface area is 164 Å². The summed E-state index contributed by atoms with van der Waals surface area (Å²) in [6, 6.07) is 10.8. The number of oxazole rings is 1. The van der Waals surface area contributed by atoms with E-state index in [4.69, 9.17) is 16.0 Å². The highest BCUT2D eigenvalue weighted by molar-refractivity contribution is 7.94. The zero-order valence-corrected chi connectivity index (χ0v) is 16.6. The van der Waals surface area contributed by atoms with Crippen LogP contribution in [0.4, 0.5) is 4.39 Å². The van der Waals surface area contributed by atoms with Crippen molar-refractivity contribution in [1.29, 1.82) is 0 Å². The SMILES string of the molecule is CCC[S+]([O-])c1oc(-c2ccc(F)cc2)nc1S(=O)(=O)c1ccc(Cl)cc1. The van der Waals surface area contributed by atoms with E-state index in [0.29, 0.717) is 17.0 Å². The molecule has 0 radical (unpaired) electrons. The second-order valence-electron chi connectivity index (χ2n) is 5.63. The summed E-state index contributed by atoms with van der Waals surface area (Å²) in [5.41, 5.74) is 0.378. The molecule has 9 heteroatoms. The summed E-state index contributed by atoms with van der Waals surface area (Å²) >= 11 is 4.13. The third-order valence-electron chi connectivity index (χ3n) is 3.63. The van der Waals surface area contributed by atoms with E-state index in [1.54, 1.807) is 0 Å². The Bertz CT molecular complexity index is 1030. The minimum absolute atomic E-state index is 0.0398. The molecule has 142 valence electrons. The van der Waals surface area contributed by atoms with Gasteiger partial charge in [0.1, 0.15) is 11.6 Å². The van der Waals surface area contributed by atoms with Crippen LogP contribution in [0.5, 0.6) is 0 Å². The molecule has 1 heterocycles. The first-order chi connectivity index (χ1) is 12.8. The molecule has 0 bridgehead atoms. The maximum atomic E-state index is 13.2.